The van der Waals surface area contributed by atoms with Gasteiger partial charge in [-0.15, -0.1) is 13.2 Å². The van der Waals surface area contributed by atoms with Gasteiger partial charge in [0.05, 0.1) is 16.4 Å². The van der Waals surface area contributed by atoms with Crippen LogP contribution in [-0.2, 0) is 19.9 Å². The quantitative estimate of drug-likeness (QED) is 0.756. The number of rotatable bonds is 5. The first-order chi connectivity index (χ1) is 11.5. The minimum absolute atomic E-state index is 0.0897. The van der Waals surface area contributed by atoms with Gasteiger partial charge in [0, 0.05) is 18.2 Å². The molecule has 2 fully saturated rings. The number of nitrogens with zero attached hydrogens (tertiary/aromatic N) is 1. The Morgan fingerprint density at radius 3 is 2.32 bits per heavy atom. The van der Waals surface area contributed by atoms with Crippen molar-refractivity contribution in [3.63, 3.8) is 0 Å². The monoisotopic (exact) mass is 399 g/mol. The van der Waals surface area contributed by atoms with Gasteiger partial charge in [0.2, 0.25) is 10.0 Å². The lowest BCUT2D eigenvalue weighted by Gasteiger charge is -2.27. The molecule has 0 spiro atoms. The van der Waals surface area contributed by atoms with Crippen LogP contribution in [0.3, 0.4) is 0 Å². The lowest BCUT2D eigenvalue weighted by Crippen LogP contribution is -2.42. The van der Waals surface area contributed by atoms with Crippen molar-refractivity contribution in [3.8, 4) is 5.75 Å². The molecule has 0 bridgehead atoms. The maximum absolute atomic E-state index is 12.9. The van der Waals surface area contributed by atoms with Crippen molar-refractivity contribution in [1.29, 1.82) is 0 Å². The molecule has 1 aromatic carbocycles. The van der Waals surface area contributed by atoms with Crippen LogP contribution in [0, 0.1) is 0 Å². The van der Waals surface area contributed by atoms with Crippen LogP contribution in [0.25, 0.3) is 0 Å². The van der Waals surface area contributed by atoms with Crippen molar-refractivity contribution in [2.45, 2.75) is 42.6 Å². The van der Waals surface area contributed by atoms with Crippen LogP contribution in [-0.4, -0.2) is 51.1 Å². The Morgan fingerprint density at radius 2 is 1.80 bits per heavy atom. The highest BCUT2D eigenvalue weighted by atomic mass is 32.2. The van der Waals surface area contributed by atoms with Gasteiger partial charge in [-0.2, -0.15) is 4.31 Å². The van der Waals surface area contributed by atoms with E-state index in [1.165, 1.54) is 6.07 Å². The smallest absolute Gasteiger partial charge is 0.406 e. The van der Waals surface area contributed by atoms with Crippen LogP contribution in [0.1, 0.15) is 19.3 Å². The summed E-state index contributed by atoms with van der Waals surface area (Å²) in [4.78, 5) is -0.342. The fourth-order valence-corrected chi connectivity index (χ4v) is 6.69. The number of hydrogen-bond donors (Lipinski definition) is 0. The standard InChI is InChI=1S/C14H16F3NO5S2/c15-14(16,17)23-12-2-1-3-13(8-12)25(21,22)18(10-4-5-10)11-6-7-24(19,20)9-11/h1-3,8,10-11H,4-7,9H2. The summed E-state index contributed by atoms with van der Waals surface area (Å²) in [5.41, 5.74) is 0. The molecular weight excluding hydrogens is 383 g/mol. The maximum atomic E-state index is 12.9. The molecule has 2 aliphatic rings. The molecule has 1 saturated carbocycles. The van der Waals surface area contributed by atoms with Crippen molar-refractivity contribution in [2.24, 2.45) is 0 Å². The normalized spacial score (nSPS) is 23.8. The molecule has 1 aliphatic heterocycles. The number of alkyl halides is 3. The molecule has 1 aromatic rings. The average Bonchev–Trinajstić information content (AvgIpc) is 3.21. The molecule has 11 heteroatoms. The molecule has 6 nitrogen and oxygen atoms in total. The van der Waals surface area contributed by atoms with Gasteiger partial charge in [0.1, 0.15) is 5.75 Å². The van der Waals surface area contributed by atoms with Crippen molar-refractivity contribution in [3.05, 3.63) is 24.3 Å². The summed E-state index contributed by atoms with van der Waals surface area (Å²) in [6.07, 6.45) is -3.53. The Bertz CT molecular complexity index is 863. The zero-order valence-electron chi connectivity index (χ0n) is 12.9. The predicted molar refractivity (Wildman–Crippen MR) is 82.2 cm³/mol. The molecule has 1 unspecified atom stereocenters. The van der Waals surface area contributed by atoms with E-state index >= 15 is 0 Å². The van der Waals surface area contributed by atoms with E-state index in [1.54, 1.807) is 0 Å². The highest BCUT2D eigenvalue weighted by molar-refractivity contribution is 7.92. The van der Waals surface area contributed by atoms with Gasteiger partial charge in [-0.3, -0.25) is 0 Å². The largest absolute Gasteiger partial charge is 0.573 e. The van der Waals surface area contributed by atoms with Gasteiger partial charge in [-0.05, 0) is 31.4 Å². The van der Waals surface area contributed by atoms with Crippen LogP contribution in [0.2, 0.25) is 0 Å². The molecule has 25 heavy (non-hydrogen) atoms. The van der Waals surface area contributed by atoms with Gasteiger partial charge >= 0.3 is 6.36 Å². The van der Waals surface area contributed by atoms with Gasteiger partial charge in [-0.1, -0.05) is 6.07 Å². The third-order valence-corrected chi connectivity index (χ3v) is 7.84. The first-order valence-electron chi connectivity index (χ1n) is 7.58. The number of hydrogen-bond acceptors (Lipinski definition) is 5. The zero-order chi connectivity index (χ0) is 18.5. The molecule has 1 atom stereocenters. The second-order valence-corrected chi connectivity index (χ2v) is 10.2. The number of sulfonamides is 1. The van der Waals surface area contributed by atoms with E-state index in [-0.39, 0.29) is 28.9 Å². The molecule has 0 radical (unpaired) electrons. The highest BCUT2D eigenvalue weighted by Crippen LogP contribution is 2.37. The third kappa shape index (κ3) is 4.26. The maximum Gasteiger partial charge on any atom is 0.573 e. The van der Waals surface area contributed by atoms with Gasteiger partial charge in [0.25, 0.3) is 0 Å². The molecule has 0 N–H and O–H groups in total. The Morgan fingerprint density at radius 1 is 1.12 bits per heavy atom. The van der Waals surface area contributed by atoms with E-state index in [0.29, 0.717) is 12.8 Å². The summed E-state index contributed by atoms with van der Waals surface area (Å²) in [7, 11) is -7.43. The van der Waals surface area contributed by atoms with Crippen LogP contribution < -0.4 is 4.74 Å². The highest BCUT2D eigenvalue weighted by Gasteiger charge is 2.46. The van der Waals surface area contributed by atoms with Gasteiger partial charge in [0.15, 0.2) is 9.84 Å². The van der Waals surface area contributed by atoms with Gasteiger partial charge in [-0.25, -0.2) is 16.8 Å². The van der Waals surface area contributed by atoms with E-state index in [1.807, 2.05) is 0 Å². The molecule has 140 valence electrons. The van der Waals surface area contributed by atoms with Crippen molar-refractivity contribution < 1.29 is 34.7 Å². The van der Waals surface area contributed by atoms with Crippen LogP contribution in [0.15, 0.2) is 29.2 Å². The van der Waals surface area contributed by atoms with Crippen LogP contribution in [0.5, 0.6) is 5.75 Å². The van der Waals surface area contributed by atoms with Gasteiger partial charge < -0.3 is 4.74 Å². The van der Waals surface area contributed by atoms with E-state index in [4.69, 9.17) is 0 Å². The second kappa shape index (κ2) is 6.13. The molecule has 0 aromatic heterocycles. The lowest BCUT2D eigenvalue weighted by atomic mass is 10.2. The topological polar surface area (TPSA) is 80.8 Å². The summed E-state index contributed by atoms with van der Waals surface area (Å²) in [6.45, 7) is 0. The van der Waals surface area contributed by atoms with E-state index in [2.05, 4.69) is 4.74 Å². The molecule has 1 heterocycles. The zero-order valence-corrected chi connectivity index (χ0v) is 14.6. The lowest BCUT2D eigenvalue weighted by molar-refractivity contribution is -0.274. The number of benzene rings is 1. The SMILES string of the molecule is O=S1(=O)CCC(N(C2CC2)S(=O)(=O)c2cccc(OC(F)(F)F)c2)C1. The molecule has 1 aliphatic carbocycles. The molecule has 3 rings (SSSR count). The predicted octanol–water partition coefficient (Wildman–Crippen LogP) is 1.93. The number of ether oxygens (including phenoxy) is 1. The Labute approximate surface area is 143 Å². The van der Waals surface area contributed by atoms with Crippen LogP contribution >= 0.6 is 0 Å². The average molecular weight is 399 g/mol. The minimum atomic E-state index is -4.93. The first kappa shape index (κ1) is 18.5. The number of halogens is 3. The van der Waals surface area contributed by atoms with Crippen LogP contribution in [0.4, 0.5) is 13.2 Å². The summed E-state index contributed by atoms with van der Waals surface area (Å²) < 4.78 is 91.2. The van der Waals surface area contributed by atoms with Crippen molar-refractivity contribution in [2.75, 3.05) is 11.5 Å². The molecule has 1 saturated heterocycles. The summed E-state index contributed by atoms with van der Waals surface area (Å²) in [5, 5.41) is 0. The summed E-state index contributed by atoms with van der Waals surface area (Å²) >= 11 is 0. The molecule has 0 amide bonds. The van der Waals surface area contributed by atoms with E-state index in [9.17, 15) is 30.0 Å². The Hall–Kier alpha value is -1.33. The number of sulfone groups is 1. The third-order valence-electron chi connectivity index (χ3n) is 4.09. The summed E-state index contributed by atoms with van der Waals surface area (Å²) in [5.74, 6) is -0.988. The first-order valence-corrected chi connectivity index (χ1v) is 10.8. The Kier molecular flexibility index (Phi) is 4.53. The minimum Gasteiger partial charge on any atom is -0.406 e. The fraction of sp³-hybridized carbons (Fsp3) is 0.571. The second-order valence-electron chi connectivity index (χ2n) is 6.15. The fourth-order valence-electron chi connectivity index (χ4n) is 2.95. The van der Waals surface area contributed by atoms with E-state index in [0.717, 1.165) is 22.5 Å². The molecular formula is C14H16F3NO5S2. The van der Waals surface area contributed by atoms with Crippen molar-refractivity contribution >= 4 is 19.9 Å². The summed E-state index contributed by atoms with van der Waals surface area (Å²) in [6, 6.07) is 3.16. The van der Waals surface area contributed by atoms with Crippen molar-refractivity contribution in [1.82, 2.24) is 4.31 Å². The van der Waals surface area contributed by atoms with E-state index < -0.39 is 38.0 Å². The Balaban J connectivity index is 1.92.